The lowest BCUT2D eigenvalue weighted by Gasteiger charge is -2.14. The van der Waals surface area contributed by atoms with E-state index in [9.17, 15) is 0 Å². The summed E-state index contributed by atoms with van der Waals surface area (Å²) >= 11 is 0. The molecule has 0 unspecified atom stereocenters. The highest BCUT2D eigenvalue weighted by atomic mass is 14.1. The molecule has 0 N–H and O–H groups in total. The Bertz CT molecular complexity index is 818. The molecule has 0 fully saturated rings. The Balaban J connectivity index is 2.51. The normalized spacial score (nSPS) is 11.9. The quantitative estimate of drug-likeness (QED) is 0.364. The highest BCUT2D eigenvalue weighted by molar-refractivity contribution is 6.24. The molecule has 0 aliphatic heterocycles. The fourth-order valence-corrected chi connectivity index (χ4v) is 3.22. The number of aryl methyl sites for hydroxylation is 2. The molecular weight excluding hydrogens is 216 g/mol. The zero-order chi connectivity index (χ0) is 12.3. The molecule has 0 atom stereocenters. The van der Waals surface area contributed by atoms with Crippen LogP contribution in [-0.2, 0) is 0 Å². The van der Waals surface area contributed by atoms with Gasteiger partial charge >= 0.3 is 0 Å². The van der Waals surface area contributed by atoms with E-state index < -0.39 is 0 Å². The molecule has 0 amide bonds. The first kappa shape index (κ1) is 9.90. The van der Waals surface area contributed by atoms with Crippen molar-refractivity contribution in [2.75, 3.05) is 0 Å². The van der Waals surface area contributed by atoms with E-state index >= 15 is 0 Å². The van der Waals surface area contributed by atoms with Crippen molar-refractivity contribution in [1.82, 2.24) is 0 Å². The largest absolute Gasteiger partial charge is 0.0610 e. The Hall–Kier alpha value is -2.08. The topological polar surface area (TPSA) is 0 Å². The average molecular weight is 230 g/mol. The van der Waals surface area contributed by atoms with Crippen molar-refractivity contribution in [2.24, 2.45) is 0 Å². The van der Waals surface area contributed by atoms with Gasteiger partial charge in [-0.2, -0.15) is 0 Å². The van der Waals surface area contributed by atoms with E-state index in [1.165, 1.54) is 43.4 Å². The number of rotatable bonds is 0. The van der Waals surface area contributed by atoms with Gasteiger partial charge in [0, 0.05) is 0 Å². The Morgan fingerprint density at radius 3 is 1.67 bits per heavy atom. The van der Waals surface area contributed by atoms with Crippen molar-refractivity contribution in [3.63, 3.8) is 0 Å². The van der Waals surface area contributed by atoms with Crippen molar-refractivity contribution in [3.8, 4) is 0 Å². The van der Waals surface area contributed by atoms with E-state index in [0.29, 0.717) is 0 Å². The molecule has 86 valence electrons. The van der Waals surface area contributed by atoms with Gasteiger partial charge in [-0.3, -0.25) is 0 Å². The molecule has 0 nitrogen and oxygen atoms in total. The maximum absolute atomic E-state index is 2.30. The minimum atomic E-state index is 1.36. The summed E-state index contributed by atoms with van der Waals surface area (Å²) in [7, 11) is 0. The smallest absolute Gasteiger partial charge is 0.00215 e. The van der Waals surface area contributed by atoms with Gasteiger partial charge in [0.15, 0.2) is 0 Å². The van der Waals surface area contributed by atoms with Gasteiger partial charge in [-0.1, -0.05) is 48.5 Å². The standard InChI is InChI=1S/C18H14/c1-11-9-13-5-3-6-14-10-12(2)16-8-4-7-15(11)18(16)17(13)14/h3-10H,1-2H3. The third kappa shape index (κ3) is 1.10. The summed E-state index contributed by atoms with van der Waals surface area (Å²) < 4.78 is 0. The molecule has 4 rings (SSSR count). The van der Waals surface area contributed by atoms with Crippen LogP contribution in [0.2, 0.25) is 0 Å². The highest BCUT2D eigenvalue weighted by Crippen LogP contribution is 2.37. The average Bonchev–Trinajstić information content (AvgIpc) is 2.38. The number of hydrogen-bond acceptors (Lipinski definition) is 0. The molecule has 0 bridgehead atoms. The van der Waals surface area contributed by atoms with Crippen LogP contribution in [-0.4, -0.2) is 0 Å². The van der Waals surface area contributed by atoms with E-state index in [1.54, 1.807) is 0 Å². The van der Waals surface area contributed by atoms with Gasteiger partial charge in [0.25, 0.3) is 0 Å². The van der Waals surface area contributed by atoms with Crippen LogP contribution in [0.5, 0.6) is 0 Å². The maximum Gasteiger partial charge on any atom is -0.00215 e. The molecule has 0 heteroatoms. The Morgan fingerprint density at radius 1 is 0.611 bits per heavy atom. The first-order valence-corrected chi connectivity index (χ1v) is 6.39. The van der Waals surface area contributed by atoms with Crippen LogP contribution >= 0.6 is 0 Å². The molecule has 4 aromatic carbocycles. The van der Waals surface area contributed by atoms with Crippen molar-refractivity contribution in [3.05, 3.63) is 59.7 Å². The molecule has 0 aromatic heterocycles. The molecule has 0 saturated heterocycles. The van der Waals surface area contributed by atoms with Crippen molar-refractivity contribution < 1.29 is 0 Å². The van der Waals surface area contributed by atoms with E-state index in [2.05, 4.69) is 62.4 Å². The summed E-state index contributed by atoms with van der Waals surface area (Å²) in [6.07, 6.45) is 0. The van der Waals surface area contributed by atoms with E-state index in [0.717, 1.165) is 0 Å². The third-order valence-corrected chi connectivity index (χ3v) is 4.04. The SMILES string of the molecule is Cc1cc2cccc3cc(C)c4cccc1c4c23. The first-order valence-electron chi connectivity index (χ1n) is 6.39. The van der Waals surface area contributed by atoms with Crippen LogP contribution in [0, 0.1) is 13.8 Å². The van der Waals surface area contributed by atoms with Crippen LogP contribution in [0.4, 0.5) is 0 Å². The Morgan fingerprint density at radius 2 is 1.11 bits per heavy atom. The fourth-order valence-electron chi connectivity index (χ4n) is 3.22. The molecular formula is C18H14. The van der Waals surface area contributed by atoms with E-state index in [1.807, 2.05) is 0 Å². The van der Waals surface area contributed by atoms with Crippen LogP contribution in [0.1, 0.15) is 11.1 Å². The Kier molecular flexibility index (Phi) is 1.78. The van der Waals surface area contributed by atoms with E-state index in [4.69, 9.17) is 0 Å². The molecule has 0 spiro atoms. The van der Waals surface area contributed by atoms with Gasteiger partial charge in [0.05, 0.1) is 0 Å². The van der Waals surface area contributed by atoms with Gasteiger partial charge in [-0.05, 0) is 57.3 Å². The summed E-state index contributed by atoms with van der Waals surface area (Å²) in [6, 6.07) is 17.8. The molecule has 18 heavy (non-hydrogen) atoms. The summed E-state index contributed by atoms with van der Waals surface area (Å²) in [6.45, 7) is 4.41. The maximum atomic E-state index is 2.30. The summed E-state index contributed by atoms with van der Waals surface area (Å²) in [5.41, 5.74) is 2.73. The fraction of sp³-hybridized carbons (Fsp3) is 0.111. The van der Waals surface area contributed by atoms with Crippen LogP contribution < -0.4 is 0 Å². The van der Waals surface area contributed by atoms with Crippen molar-refractivity contribution in [2.45, 2.75) is 13.8 Å². The second-order valence-electron chi connectivity index (χ2n) is 5.19. The van der Waals surface area contributed by atoms with Gasteiger partial charge < -0.3 is 0 Å². The lowest BCUT2D eigenvalue weighted by molar-refractivity contribution is 1.53. The molecule has 0 heterocycles. The molecule has 0 radical (unpaired) electrons. The molecule has 0 saturated carbocycles. The summed E-state index contributed by atoms with van der Waals surface area (Å²) in [5.74, 6) is 0. The van der Waals surface area contributed by atoms with Crippen molar-refractivity contribution in [1.29, 1.82) is 0 Å². The van der Waals surface area contributed by atoms with Crippen LogP contribution in [0.15, 0.2) is 48.5 Å². The first-order chi connectivity index (χ1) is 8.75. The van der Waals surface area contributed by atoms with Gasteiger partial charge in [-0.15, -0.1) is 0 Å². The monoisotopic (exact) mass is 230 g/mol. The predicted octanol–water partition coefficient (Wildman–Crippen LogP) is 5.20. The Labute approximate surface area is 106 Å². The van der Waals surface area contributed by atoms with E-state index in [-0.39, 0.29) is 0 Å². The molecule has 4 aromatic rings. The van der Waals surface area contributed by atoms with Gasteiger partial charge in [-0.25, -0.2) is 0 Å². The minimum absolute atomic E-state index is 1.36. The lowest BCUT2D eigenvalue weighted by Crippen LogP contribution is -1.88. The lowest BCUT2D eigenvalue weighted by atomic mass is 9.90. The molecule has 0 aliphatic rings. The zero-order valence-corrected chi connectivity index (χ0v) is 10.6. The van der Waals surface area contributed by atoms with Crippen LogP contribution in [0.25, 0.3) is 32.3 Å². The minimum Gasteiger partial charge on any atom is -0.0610 e. The molecule has 0 aliphatic carbocycles. The second kappa shape index (κ2) is 3.23. The summed E-state index contributed by atoms with van der Waals surface area (Å²) in [4.78, 5) is 0. The second-order valence-corrected chi connectivity index (χ2v) is 5.19. The van der Waals surface area contributed by atoms with Gasteiger partial charge in [0.1, 0.15) is 0 Å². The number of benzene rings is 4. The highest BCUT2D eigenvalue weighted by Gasteiger charge is 2.10. The third-order valence-electron chi connectivity index (χ3n) is 4.04. The van der Waals surface area contributed by atoms with Gasteiger partial charge in [0.2, 0.25) is 0 Å². The zero-order valence-electron chi connectivity index (χ0n) is 10.6. The number of hydrogen-bond donors (Lipinski definition) is 0. The summed E-state index contributed by atoms with van der Waals surface area (Å²) in [5, 5.41) is 8.34. The van der Waals surface area contributed by atoms with Crippen molar-refractivity contribution >= 4 is 32.3 Å². The van der Waals surface area contributed by atoms with Crippen LogP contribution in [0.3, 0.4) is 0 Å². The predicted molar refractivity (Wildman–Crippen MR) is 79.6 cm³/mol.